The lowest BCUT2D eigenvalue weighted by Gasteiger charge is -2.04. The number of thioether (sulfide) groups is 2. The monoisotopic (exact) mass is 764 g/mol. The third-order valence-corrected chi connectivity index (χ3v) is 7.62. The molecule has 0 spiro atoms. The molecule has 0 fully saturated rings. The molecule has 18 nitrogen and oxygen atoms in total. The van der Waals surface area contributed by atoms with Crippen LogP contribution in [-0.4, -0.2) is 113 Å². The summed E-state index contributed by atoms with van der Waals surface area (Å²) >= 11 is 1.93. The standard InChI is InChI=1S/C8H11NO5.C8H13NO3S.C8H13NO3.C7H11NO3S/c1-4(10)7(12)6(11)3-2-5(9)8(13)14;1-5(2)8(12)13-4-3-6(9)7(10)11;1-5(2)7(10)4-3-6(9)8(11)12;1-4(2)7(11)12-3-5(8)6(9)10/h5H,2-3,9H2,1H3,(H,13,14);6H,1,3-4,9H2,2H3,(H,10,11);6H,1,3-4,9H2,2H3,(H,11,12);5H,1,3,8H2,2H3,(H,9,10). The van der Waals surface area contributed by atoms with Gasteiger partial charge in [0.2, 0.25) is 21.8 Å². The van der Waals surface area contributed by atoms with Crippen molar-refractivity contribution in [1.82, 2.24) is 0 Å². The van der Waals surface area contributed by atoms with E-state index in [0.717, 1.165) is 30.4 Å². The summed E-state index contributed by atoms with van der Waals surface area (Å²) in [5.41, 5.74) is 22.0. The molecule has 0 aromatic heterocycles. The highest BCUT2D eigenvalue weighted by Crippen LogP contribution is 2.11. The second-order valence-electron chi connectivity index (χ2n) is 10.5. The highest BCUT2D eigenvalue weighted by molar-refractivity contribution is 8.14. The SMILES string of the molecule is C=C(C)C(=O)CCC(N)C(=O)O.C=C(C)C(=O)SCC(N)C(=O)O.C=C(C)C(=O)SCCC(N)C(=O)O.CC(=O)C(=O)C(=O)CCC(N)C(=O)O. The van der Waals surface area contributed by atoms with Crippen LogP contribution < -0.4 is 22.9 Å². The van der Waals surface area contributed by atoms with Crippen LogP contribution in [0, 0.1) is 0 Å². The van der Waals surface area contributed by atoms with Crippen LogP contribution in [0.5, 0.6) is 0 Å². The Labute approximate surface area is 303 Å². The number of carbonyl (C=O) groups excluding carboxylic acids is 6. The van der Waals surface area contributed by atoms with Crippen molar-refractivity contribution in [2.75, 3.05) is 11.5 Å². The van der Waals surface area contributed by atoms with Crippen molar-refractivity contribution in [3.05, 3.63) is 36.5 Å². The van der Waals surface area contributed by atoms with Crippen LogP contribution in [-0.2, 0) is 47.9 Å². The van der Waals surface area contributed by atoms with E-state index in [1.54, 1.807) is 20.8 Å². The summed E-state index contributed by atoms with van der Waals surface area (Å²) in [5.74, 6) is -6.94. The zero-order valence-corrected chi connectivity index (χ0v) is 30.5. The van der Waals surface area contributed by atoms with Crippen LogP contribution in [0.3, 0.4) is 0 Å². The second kappa shape index (κ2) is 29.4. The molecule has 0 heterocycles. The molecule has 0 rings (SSSR count). The highest BCUT2D eigenvalue weighted by Gasteiger charge is 2.21. The lowest BCUT2D eigenvalue weighted by atomic mass is 10.1. The lowest BCUT2D eigenvalue weighted by molar-refractivity contribution is -0.143. The summed E-state index contributed by atoms with van der Waals surface area (Å²) in [6.45, 7) is 16.1. The van der Waals surface area contributed by atoms with E-state index in [2.05, 4.69) is 19.7 Å². The van der Waals surface area contributed by atoms with Crippen molar-refractivity contribution in [2.45, 2.75) is 84.0 Å². The average molecular weight is 765 g/mol. The van der Waals surface area contributed by atoms with Crippen LogP contribution in [0.15, 0.2) is 36.5 Å². The number of carbonyl (C=O) groups is 10. The van der Waals surface area contributed by atoms with Gasteiger partial charge in [-0.15, -0.1) is 0 Å². The van der Waals surface area contributed by atoms with E-state index in [0.29, 0.717) is 28.9 Å². The van der Waals surface area contributed by atoms with Crippen molar-refractivity contribution in [3.8, 4) is 0 Å². The molecule has 20 heteroatoms. The Bertz CT molecular complexity index is 1290. The van der Waals surface area contributed by atoms with Gasteiger partial charge in [-0.1, -0.05) is 43.3 Å². The number of Topliss-reactive ketones (excluding diaryl/α,β-unsaturated/α-hetero) is 4. The molecule has 0 aromatic carbocycles. The summed E-state index contributed by atoms with van der Waals surface area (Å²) in [5, 5.41) is 33.2. The van der Waals surface area contributed by atoms with Gasteiger partial charge in [0.1, 0.15) is 24.2 Å². The van der Waals surface area contributed by atoms with E-state index in [9.17, 15) is 47.9 Å². The second-order valence-corrected chi connectivity index (χ2v) is 12.5. The summed E-state index contributed by atoms with van der Waals surface area (Å²) in [7, 11) is 0. The lowest BCUT2D eigenvalue weighted by Crippen LogP contribution is -2.32. The molecular weight excluding hydrogens is 716 g/mol. The minimum absolute atomic E-state index is 0.0844. The van der Waals surface area contributed by atoms with Crippen LogP contribution in [0.25, 0.3) is 0 Å². The number of ketones is 4. The van der Waals surface area contributed by atoms with E-state index in [4.69, 9.17) is 43.4 Å². The van der Waals surface area contributed by atoms with Gasteiger partial charge in [-0.2, -0.15) is 0 Å². The molecule has 0 aliphatic heterocycles. The maximum absolute atomic E-state index is 11.0. The Kier molecular flexibility index (Phi) is 30.8. The number of carboxylic acid groups (broad SMARTS) is 4. The fourth-order valence-electron chi connectivity index (χ4n) is 2.23. The minimum atomic E-state index is -1.24. The van der Waals surface area contributed by atoms with Gasteiger partial charge in [-0.05, 0) is 56.8 Å². The molecule has 0 radical (unpaired) electrons. The number of aliphatic carboxylic acids is 4. The number of hydrogen-bond donors (Lipinski definition) is 8. The van der Waals surface area contributed by atoms with Crippen LogP contribution in [0.1, 0.15) is 59.8 Å². The van der Waals surface area contributed by atoms with E-state index >= 15 is 0 Å². The quantitative estimate of drug-likeness (QED) is 0.0462. The Hall–Kier alpha value is -4.34. The predicted octanol–water partition coefficient (Wildman–Crippen LogP) is 0.0879. The molecule has 0 saturated carbocycles. The van der Waals surface area contributed by atoms with E-state index in [-0.39, 0.29) is 47.4 Å². The maximum Gasteiger partial charge on any atom is 0.321 e. The smallest absolute Gasteiger partial charge is 0.321 e. The first kappa shape index (κ1) is 53.5. The molecule has 0 aromatic rings. The first-order chi connectivity index (χ1) is 23.2. The number of allylic oxidation sites excluding steroid dienone is 1. The molecule has 4 unspecified atom stereocenters. The molecule has 0 aliphatic rings. The fraction of sp³-hybridized carbons (Fsp3) is 0.484. The van der Waals surface area contributed by atoms with Gasteiger partial charge < -0.3 is 43.4 Å². The van der Waals surface area contributed by atoms with E-state index < -0.39 is 65.4 Å². The number of nitrogens with two attached hydrogens (primary N) is 4. The third-order valence-electron chi connectivity index (χ3n) is 5.44. The first-order valence-corrected chi connectivity index (χ1v) is 16.5. The van der Waals surface area contributed by atoms with Gasteiger partial charge in [-0.25, -0.2) is 0 Å². The molecule has 0 saturated heterocycles. The Morgan fingerprint density at radius 3 is 1.16 bits per heavy atom. The molecule has 288 valence electrons. The van der Waals surface area contributed by atoms with Crippen molar-refractivity contribution in [1.29, 1.82) is 0 Å². The first-order valence-electron chi connectivity index (χ1n) is 14.6. The van der Waals surface area contributed by atoms with Gasteiger partial charge in [-0.3, -0.25) is 47.9 Å². The summed E-state index contributed by atoms with van der Waals surface area (Å²) in [6, 6.07) is -4.00. The van der Waals surface area contributed by atoms with Gasteiger partial charge >= 0.3 is 23.9 Å². The Morgan fingerprint density at radius 2 is 0.843 bits per heavy atom. The zero-order chi connectivity index (χ0) is 41.2. The van der Waals surface area contributed by atoms with Crippen molar-refractivity contribution in [2.24, 2.45) is 22.9 Å². The number of hydrogen-bond acceptors (Lipinski definition) is 16. The van der Waals surface area contributed by atoms with Crippen LogP contribution in [0.4, 0.5) is 0 Å². The van der Waals surface area contributed by atoms with Gasteiger partial charge in [0, 0.05) is 31.3 Å². The Balaban J connectivity index is -0.000000289. The molecule has 4 atom stereocenters. The van der Waals surface area contributed by atoms with Gasteiger partial charge in [0.25, 0.3) is 5.78 Å². The third kappa shape index (κ3) is 31.4. The molecule has 0 amide bonds. The van der Waals surface area contributed by atoms with Crippen LogP contribution in [0.2, 0.25) is 0 Å². The topological polar surface area (TPSA) is 356 Å². The van der Waals surface area contributed by atoms with Crippen molar-refractivity contribution >= 4 is 80.8 Å². The maximum atomic E-state index is 11.0. The molecule has 12 N–H and O–H groups in total. The summed E-state index contributed by atoms with van der Waals surface area (Å²) in [6.07, 6.45) is 0.155. The molecule has 0 aliphatic carbocycles. The average Bonchev–Trinajstić information content (AvgIpc) is 3.03. The van der Waals surface area contributed by atoms with Gasteiger partial charge in [0.05, 0.1) is 0 Å². The van der Waals surface area contributed by atoms with Crippen LogP contribution >= 0.6 is 23.5 Å². The molecule has 51 heavy (non-hydrogen) atoms. The summed E-state index contributed by atoms with van der Waals surface area (Å²) in [4.78, 5) is 106. The van der Waals surface area contributed by atoms with Gasteiger partial charge in [0.15, 0.2) is 5.78 Å². The largest absolute Gasteiger partial charge is 0.480 e. The normalized spacial score (nSPS) is 12.1. The van der Waals surface area contributed by atoms with E-state index in [1.807, 2.05) is 0 Å². The zero-order valence-electron chi connectivity index (χ0n) is 28.9. The van der Waals surface area contributed by atoms with Crippen molar-refractivity contribution < 1.29 is 68.4 Å². The fourth-order valence-corrected chi connectivity index (χ4v) is 3.75. The number of rotatable bonds is 20. The molecular formula is C31H48N4O14S2. The minimum Gasteiger partial charge on any atom is -0.480 e. The predicted molar refractivity (Wildman–Crippen MR) is 191 cm³/mol. The Morgan fingerprint density at radius 1 is 0.510 bits per heavy atom. The summed E-state index contributed by atoms with van der Waals surface area (Å²) < 4.78 is 0. The molecule has 0 bridgehead atoms. The van der Waals surface area contributed by atoms with Crippen molar-refractivity contribution in [3.63, 3.8) is 0 Å². The number of carboxylic acids is 4. The highest BCUT2D eigenvalue weighted by atomic mass is 32.2. The van der Waals surface area contributed by atoms with E-state index in [1.165, 1.54) is 0 Å².